The van der Waals surface area contributed by atoms with Gasteiger partial charge in [-0.3, -0.25) is 10.1 Å². The lowest BCUT2D eigenvalue weighted by Gasteiger charge is -2.36. The fourth-order valence-electron chi connectivity index (χ4n) is 5.11. The van der Waals surface area contributed by atoms with Crippen molar-refractivity contribution in [3.63, 3.8) is 0 Å². The number of rotatable bonds is 5. The number of nitro groups is 1. The summed E-state index contributed by atoms with van der Waals surface area (Å²) in [6.45, 7) is 7.61. The molecule has 2 N–H and O–H groups in total. The average Bonchev–Trinajstić information content (AvgIpc) is 2.73. The zero-order valence-electron chi connectivity index (χ0n) is 18.4. The second kappa shape index (κ2) is 9.08. The summed E-state index contributed by atoms with van der Waals surface area (Å²) >= 11 is 0. The third-order valence-corrected chi connectivity index (χ3v) is 6.50. The highest BCUT2D eigenvalue weighted by molar-refractivity contribution is 5.71. The molecule has 0 radical (unpaired) electrons. The fourth-order valence-corrected chi connectivity index (χ4v) is 5.11. The van der Waals surface area contributed by atoms with E-state index in [1.165, 1.54) is 12.0 Å². The van der Waals surface area contributed by atoms with Crippen molar-refractivity contribution in [1.82, 2.24) is 9.97 Å². The lowest BCUT2D eigenvalue weighted by atomic mass is 9.90. The van der Waals surface area contributed by atoms with E-state index < -0.39 is 4.92 Å². The molecule has 0 bridgehead atoms. The van der Waals surface area contributed by atoms with Crippen LogP contribution >= 0.6 is 0 Å². The van der Waals surface area contributed by atoms with Crippen molar-refractivity contribution in [3.8, 4) is 0 Å². The Balaban J connectivity index is 1.54. The number of hydrogen-bond acceptors (Lipinski definition) is 7. The van der Waals surface area contributed by atoms with E-state index in [9.17, 15) is 10.1 Å². The van der Waals surface area contributed by atoms with Gasteiger partial charge >= 0.3 is 5.69 Å². The van der Waals surface area contributed by atoms with Gasteiger partial charge < -0.3 is 15.5 Å². The zero-order chi connectivity index (χ0) is 22.0. The number of nitrogen functional groups attached to an aromatic ring is 1. The maximum absolute atomic E-state index is 11.8. The predicted molar refractivity (Wildman–Crippen MR) is 123 cm³/mol. The van der Waals surface area contributed by atoms with Crippen LogP contribution in [0.5, 0.6) is 0 Å². The quantitative estimate of drug-likeness (QED) is 0.573. The van der Waals surface area contributed by atoms with Gasteiger partial charge in [-0.25, -0.2) is 0 Å². The smallest absolute Gasteiger partial charge is 0.353 e. The van der Waals surface area contributed by atoms with Crippen molar-refractivity contribution >= 4 is 23.3 Å². The molecule has 0 unspecified atom stereocenters. The van der Waals surface area contributed by atoms with Crippen LogP contribution in [-0.2, 0) is 6.42 Å². The first-order valence-corrected chi connectivity index (χ1v) is 11.3. The number of piperidine rings is 2. The molecule has 1 aromatic heterocycles. The van der Waals surface area contributed by atoms with Gasteiger partial charge in [0.2, 0.25) is 17.6 Å². The summed E-state index contributed by atoms with van der Waals surface area (Å²) in [5.41, 5.74) is 7.27. The van der Waals surface area contributed by atoms with E-state index in [0.29, 0.717) is 29.5 Å². The summed E-state index contributed by atoms with van der Waals surface area (Å²) in [5, 5.41) is 11.8. The standard InChI is InChI=1S/C23H32N6O2/c1-16-12-17(2)15-28(14-16)23-25-21(24)20(29(30)31)22(26-23)27-10-8-19(9-11-27)13-18-6-4-3-5-7-18/h3-7,16-17,19H,8-15H2,1-2H3,(H2,24,25,26)/t16-,17-/m1/s1. The van der Waals surface area contributed by atoms with Crippen molar-refractivity contribution < 1.29 is 4.92 Å². The number of aromatic nitrogens is 2. The number of anilines is 3. The van der Waals surface area contributed by atoms with Gasteiger partial charge in [0.1, 0.15) is 0 Å². The molecule has 166 valence electrons. The average molecular weight is 425 g/mol. The van der Waals surface area contributed by atoms with Crippen molar-refractivity contribution in [2.75, 3.05) is 41.7 Å². The first-order chi connectivity index (χ1) is 14.9. The van der Waals surface area contributed by atoms with Crippen LogP contribution in [-0.4, -0.2) is 41.1 Å². The monoisotopic (exact) mass is 424 g/mol. The van der Waals surface area contributed by atoms with Gasteiger partial charge in [-0.05, 0) is 49.0 Å². The van der Waals surface area contributed by atoms with Crippen LogP contribution in [0.1, 0.15) is 38.7 Å². The van der Waals surface area contributed by atoms with E-state index in [2.05, 4.69) is 48.0 Å². The van der Waals surface area contributed by atoms with E-state index in [1.807, 2.05) is 11.0 Å². The van der Waals surface area contributed by atoms with Gasteiger partial charge in [-0.15, -0.1) is 0 Å². The molecule has 8 heteroatoms. The van der Waals surface area contributed by atoms with Crippen LogP contribution in [0.15, 0.2) is 30.3 Å². The van der Waals surface area contributed by atoms with E-state index in [0.717, 1.165) is 45.4 Å². The number of nitrogens with two attached hydrogens (primary N) is 1. The first kappa shape index (κ1) is 21.3. The van der Waals surface area contributed by atoms with Crippen LogP contribution in [0.3, 0.4) is 0 Å². The summed E-state index contributed by atoms with van der Waals surface area (Å²) < 4.78 is 0. The lowest BCUT2D eigenvalue weighted by Crippen LogP contribution is -2.40. The highest BCUT2D eigenvalue weighted by atomic mass is 16.6. The van der Waals surface area contributed by atoms with Crippen molar-refractivity contribution in [2.24, 2.45) is 17.8 Å². The maximum atomic E-state index is 11.8. The van der Waals surface area contributed by atoms with E-state index in [1.54, 1.807) is 0 Å². The van der Waals surface area contributed by atoms with E-state index >= 15 is 0 Å². The minimum atomic E-state index is -0.439. The van der Waals surface area contributed by atoms with Gasteiger partial charge in [0.15, 0.2) is 0 Å². The lowest BCUT2D eigenvalue weighted by molar-refractivity contribution is -0.383. The molecule has 2 saturated heterocycles. The van der Waals surface area contributed by atoms with Crippen LogP contribution in [0, 0.1) is 27.9 Å². The molecule has 4 rings (SSSR count). The van der Waals surface area contributed by atoms with Gasteiger partial charge in [0, 0.05) is 26.2 Å². The summed E-state index contributed by atoms with van der Waals surface area (Å²) in [5.74, 6) is 2.48. The summed E-state index contributed by atoms with van der Waals surface area (Å²) in [4.78, 5) is 24.5. The second-order valence-electron chi connectivity index (χ2n) is 9.31. The Morgan fingerprint density at radius 1 is 1.06 bits per heavy atom. The molecule has 3 heterocycles. The van der Waals surface area contributed by atoms with Crippen molar-refractivity contribution in [1.29, 1.82) is 0 Å². The molecule has 31 heavy (non-hydrogen) atoms. The Labute approximate surface area is 183 Å². The molecule has 8 nitrogen and oxygen atoms in total. The Hall–Kier alpha value is -2.90. The molecule has 2 aliphatic heterocycles. The van der Waals surface area contributed by atoms with Crippen LogP contribution < -0.4 is 15.5 Å². The highest BCUT2D eigenvalue weighted by Crippen LogP contribution is 2.36. The zero-order valence-corrected chi connectivity index (χ0v) is 18.4. The second-order valence-corrected chi connectivity index (χ2v) is 9.31. The number of benzene rings is 1. The maximum Gasteiger partial charge on any atom is 0.353 e. The summed E-state index contributed by atoms with van der Waals surface area (Å²) in [6, 6.07) is 10.5. The minimum Gasteiger partial charge on any atom is -0.378 e. The third kappa shape index (κ3) is 4.89. The molecular formula is C23H32N6O2. The van der Waals surface area contributed by atoms with Crippen LogP contribution in [0.2, 0.25) is 0 Å². The van der Waals surface area contributed by atoms with Crippen LogP contribution in [0.4, 0.5) is 23.3 Å². The molecule has 2 fully saturated rings. The summed E-state index contributed by atoms with van der Waals surface area (Å²) in [7, 11) is 0. The first-order valence-electron chi connectivity index (χ1n) is 11.3. The molecule has 2 aromatic rings. The Bertz CT molecular complexity index is 904. The SMILES string of the molecule is C[C@@H]1C[C@@H](C)CN(c2nc(N)c([N+](=O)[O-])c(N3CCC(Cc4ccccc4)CC3)n2)C1. The molecule has 0 amide bonds. The topological polar surface area (TPSA) is 101 Å². The largest absolute Gasteiger partial charge is 0.378 e. The van der Waals surface area contributed by atoms with Gasteiger partial charge in [0.25, 0.3) is 0 Å². The molecule has 0 aliphatic carbocycles. The third-order valence-electron chi connectivity index (χ3n) is 6.50. The van der Waals surface area contributed by atoms with Crippen LogP contribution in [0.25, 0.3) is 0 Å². The number of nitrogens with zero attached hydrogens (tertiary/aromatic N) is 5. The highest BCUT2D eigenvalue weighted by Gasteiger charge is 2.32. The molecule has 0 spiro atoms. The van der Waals surface area contributed by atoms with Gasteiger partial charge in [-0.2, -0.15) is 9.97 Å². The molecule has 2 aliphatic rings. The van der Waals surface area contributed by atoms with Gasteiger partial charge in [0.05, 0.1) is 4.92 Å². The predicted octanol–water partition coefficient (Wildman–Crippen LogP) is 3.91. The minimum absolute atomic E-state index is 0.0395. The molecule has 2 atom stereocenters. The Morgan fingerprint density at radius 2 is 1.71 bits per heavy atom. The molecule has 1 aromatic carbocycles. The van der Waals surface area contributed by atoms with E-state index in [4.69, 9.17) is 10.7 Å². The van der Waals surface area contributed by atoms with E-state index in [-0.39, 0.29) is 11.5 Å². The Morgan fingerprint density at radius 3 is 2.32 bits per heavy atom. The normalized spacial score (nSPS) is 22.5. The number of hydrogen-bond donors (Lipinski definition) is 1. The van der Waals surface area contributed by atoms with Gasteiger partial charge in [-0.1, -0.05) is 44.2 Å². The fraction of sp³-hybridized carbons (Fsp3) is 0.565. The Kier molecular flexibility index (Phi) is 6.25. The summed E-state index contributed by atoms with van der Waals surface area (Å²) in [6.07, 6.45) is 4.16. The molecular weight excluding hydrogens is 392 g/mol. The van der Waals surface area contributed by atoms with Crippen molar-refractivity contribution in [3.05, 3.63) is 46.0 Å². The van der Waals surface area contributed by atoms with Crippen molar-refractivity contribution in [2.45, 2.75) is 39.5 Å². The molecule has 0 saturated carbocycles.